The molecule has 0 aromatic heterocycles. The zero-order chi connectivity index (χ0) is 14.2. The van der Waals surface area contributed by atoms with Crippen molar-refractivity contribution in [3.05, 3.63) is 65.0 Å². The SMILES string of the molecule is [N-]=[N+]=Nc1ccc(NC(=O)COc2ccccc2)cc1. The lowest BCUT2D eigenvalue weighted by atomic mass is 10.3. The summed E-state index contributed by atoms with van der Waals surface area (Å²) in [6.07, 6.45) is 0. The van der Waals surface area contributed by atoms with E-state index in [1.165, 1.54) is 0 Å². The number of ether oxygens (including phenoxy) is 1. The number of nitrogens with one attached hydrogen (secondary N) is 1. The van der Waals surface area contributed by atoms with Crippen LogP contribution < -0.4 is 10.1 Å². The zero-order valence-electron chi connectivity index (χ0n) is 10.6. The summed E-state index contributed by atoms with van der Waals surface area (Å²) in [5.41, 5.74) is 9.39. The van der Waals surface area contributed by atoms with E-state index in [2.05, 4.69) is 15.3 Å². The molecule has 0 aliphatic heterocycles. The third-order valence-corrected chi connectivity index (χ3v) is 2.42. The molecule has 1 N–H and O–H groups in total. The molecular weight excluding hydrogens is 256 g/mol. The number of para-hydroxylation sites is 1. The van der Waals surface area contributed by atoms with Crippen molar-refractivity contribution >= 4 is 17.3 Å². The fourth-order valence-electron chi connectivity index (χ4n) is 1.53. The number of nitrogens with zero attached hydrogens (tertiary/aromatic N) is 3. The second-order valence-electron chi connectivity index (χ2n) is 3.89. The van der Waals surface area contributed by atoms with E-state index in [1.807, 2.05) is 18.2 Å². The van der Waals surface area contributed by atoms with Crippen LogP contribution in [0.3, 0.4) is 0 Å². The lowest BCUT2D eigenvalue weighted by Crippen LogP contribution is -2.19. The van der Waals surface area contributed by atoms with Gasteiger partial charge >= 0.3 is 0 Å². The van der Waals surface area contributed by atoms with Gasteiger partial charge in [-0.1, -0.05) is 35.4 Å². The van der Waals surface area contributed by atoms with Crippen LogP contribution in [0.25, 0.3) is 10.4 Å². The number of amides is 1. The lowest BCUT2D eigenvalue weighted by molar-refractivity contribution is -0.118. The van der Waals surface area contributed by atoms with E-state index >= 15 is 0 Å². The zero-order valence-corrected chi connectivity index (χ0v) is 10.6. The van der Waals surface area contributed by atoms with Crippen molar-refractivity contribution < 1.29 is 9.53 Å². The highest BCUT2D eigenvalue weighted by Gasteiger charge is 2.03. The van der Waals surface area contributed by atoms with Gasteiger partial charge in [0.05, 0.1) is 0 Å². The Bertz CT molecular complexity index is 619. The van der Waals surface area contributed by atoms with Gasteiger partial charge in [-0.05, 0) is 29.8 Å². The molecule has 1 amide bonds. The number of hydrogen-bond donors (Lipinski definition) is 1. The van der Waals surface area contributed by atoms with Crippen LogP contribution in [0.4, 0.5) is 11.4 Å². The Morgan fingerprint density at radius 2 is 1.85 bits per heavy atom. The maximum absolute atomic E-state index is 11.7. The number of anilines is 1. The predicted octanol–water partition coefficient (Wildman–Crippen LogP) is 3.65. The maximum Gasteiger partial charge on any atom is 0.262 e. The van der Waals surface area contributed by atoms with Crippen LogP contribution in [0.1, 0.15) is 0 Å². The molecule has 2 aromatic carbocycles. The van der Waals surface area contributed by atoms with Gasteiger partial charge < -0.3 is 10.1 Å². The van der Waals surface area contributed by atoms with Crippen molar-refractivity contribution in [3.8, 4) is 5.75 Å². The first-order valence-electron chi connectivity index (χ1n) is 5.91. The van der Waals surface area contributed by atoms with E-state index in [4.69, 9.17) is 10.3 Å². The third kappa shape index (κ3) is 4.04. The Hall–Kier alpha value is -2.98. The molecule has 0 aliphatic carbocycles. The van der Waals surface area contributed by atoms with E-state index in [0.29, 0.717) is 17.1 Å². The van der Waals surface area contributed by atoms with Gasteiger partial charge in [0.25, 0.3) is 5.91 Å². The Balaban J connectivity index is 1.86. The first kappa shape index (κ1) is 13.5. The quantitative estimate of drug-likeness (QED) is 0.509. The number of azide groups is 1. The van der Waals surface area contributed by atoms with Crippen LogP contribution in [0.15, 0.2) is 59.7 Å². The molecule has 0 atom stereocenters. The molecule has 100 valence electrons. The van der Waals surface area contributed by atoms with Gasteiger partial charge in [-0.15, -0.1) is 0 Å². The van der Waals surface area contributed by atoms with Gasteiger partial charge in [-0.3, -0.25) is 4.79 Å². The molecule has 6 heteroatoms. The summed E-state index contributed by atoms with van der Waals surface area (Å²) in [6.45, 7) is -0.0673. The largest absolute Gasteiger partial charge is 0.484 e. The van der Waals surface area contributed by atoms with Crippen molar-refractivity contribution in [2.24, 2.45) is 5.11 Å². The highest BCUT2D eigenvalue weighted by Crippen LogP contribution is 2.16. The van der Waals surface area contributed by atoms with E-state index in [9.17, 15) is 4.79 Å². The maximum atomic E-state index is 11.7. The predicted molar refractivity (Wildman–Crippen MR) is 75.8 cm³/mol. The molecule has 0 saturated carbocycles. The first-order chi connectivity index (χ1) is 9.78. The molecule has 0 saturated heterocycles. The second-order valence-corrected chi connectivity index (χ2v) is 3.89. The standard InChI is InChI=1S/C14H12N4O2/c15-18-17-12-8-6-11(7-9-12)16-14(19)10-20-13-4-2-1-3-5-13/h1-9H,10H2,(H,16,19). The summed E-state index contributed by atoms with van der Waals surface area (Å²) < 4.78 is 5.32. The molecule has 0 aliphatic rings. The van der Waals surface area contributed by atoms with Gasteiger partial charge in [-0.2, -0.15) is 0 Å². The van der Waals surface area contributed by atoms with Gasteiger partial charge in [0, 0.05) is 16.3 Å². The summed E-state index contributed by atoms with van der Waals surface area (Å²) >= 11 is 0. The summed E-state index contributed by atoms with van der Waals surface area (Å²) in [6, 6.07) is 15.7. The van der Waals surface area contributed by atoms with Crippen LogP contribution in [-0.4, -0.2) is 12.5 Å². The number of carbonyl (C=O) groups is 1. The van der Waals surface area contributed by atoms with Crippen molar-refractivity contribution in [2.45, 2.75) is 0 Å². The second kappa shape index (κ2) is 6.82. The fourth-order valence-corrected chi connectivity index (χ4v) is 1.53. The Morgan fingerprint density at radius 1 is 1.15 bits per heavy atom. The first-order valence-corrected chi connectivity index (χ1v) is 5.91. The molecule has 2 rings (SSSR count). The third-order valence-electron chi connectivity index (χ3n) is 2.42. The van der Waals surface area contributed by atoms with E-state index in [0.717, 1.165) is 0 Å². The fraction of sp³-hybridized carbons (Fsp3) is 0.0714. The van der Waals surface area contributed by atoms with Crippen molar-refractivity contribution in [2.75, 3.05) is 11.9 Å². The lowest BCUT2D eigenvalue weighted by Gasteiger charge is -2.07. The van der Waals surface area contributed by atoms with Crippen molar-refractivity contribution in [1.82, 2.24) is 0 Å². The number of rotatable bonds is 5. The van der Waals surface area contributed by atoms with Crippen LogP contribution in [0.2, 0.25) is 0 Å². The highest BCUT2D eigenvalue weighted by molar-refractivity contribution is 5.92. The monoisotopic (exact) mass is 268 g/mol. The number of benzene rings is 2. The van der Waals surface area contributed by atoms with Gasteiger partial charge in [0.1, 0.15) is 5.75 Å². The molecule has 0 radical (unpaired) electrons. The van der Waals surface area contributed by atoms with Gasteiger partial charge in [0.15, 0.2) is 6.61 Å². The van der Waals surface area contributed by atoms with Crippen LogP contribution in [0.5, 0.6) is 5.75 Å². The average Bonchev–Trinajstić information content (AvgIpc) is 2.49. The average molecular weight is 268 g/mol. The van der Waals surface area contributed by atoms with E-state index < -0.39 is 0 Å². The molecule has 6 nitrogen and oxygen atoms in total. The van der Waals surface area contributed by atoms with Gasteiger partial charge in [0.2, 0.25) is 0 Å². The van der Waals surface area contributed by atoms with E-state index in [1.54, 1.807) is 36.4 Å². The van der Waals surface area contributed by atoms with E-state index in [-0.39, 0.29) is 12.5 Å². The summed E-state index contributed by atoms with van der Waals surface area (Å²) in [5, 5.41) is 6.13. The summed E-state index contributed by atoms with van der Waals surface area (Å²) in [4.78, 5) is 14.4. The summed E-state index contributed by atoms with van der Waals surface area (Å²) in [5.74, 6) is 0.381. The normalized spacial score (nSPS) is 9.40. The number of hydrogen-bond acceptors (Lipinski definition) is 3. The van der Waals surface area contributed by atoms with Crippen molar-refractivity contribution in [1.29, 1.82) is 0 Å². The molecule has 0 heterocycles. The van der Waals surface area contributed by atoms with Gasteiger partial charge in [-0.25, -0.2) is 0 Å². The molecule has 0 fully saturated rings. The summed E-state index contributed by atoms with van der Waals surface area (Å²) in [7, 11) is 0. The topological polar surface area (TPSA) is 87.1 Å². The molecular formula is C14H12N4O2. The minimum atomic E-state index is -0.259. The Labute approximate surface area is 115 Å². The smallest absolute Gasteiger partial charge is 0.262 e. The molecule has 20 heavy (non-hydrogen) atoms. The highest BCUT2D eigenvalue weighted by atomic mass is 16.5. The molecule has 0 spiro atoms. The molecule has 2 aromatic rings. The van der Waals surface area contributed by atoms with Crippen LogP contribution in [-0.2, 0) is 4.79 Å². The van der Waals surface area contributed by atoms with Crippen molar-refractivity contribution in [3.63, 3.8) is 0 Å². The molecule has 0 bridgehead atoms. The minimum absolute atomic E-state index is 0.0673. The van der Waals surface area contributed by atoms with Crippen LogP contribution in [0, 0.1) is 0 Å². The minimum Gasteiger partial charge on any atom is -0.484 e. The number of carbonyl (C=O) groups excluding carboxylic acids is 1. The Kier molecular flexibility index (Phi) is 4.59. The Morgan fingerprint density at radius 3 is 2.50 bits per heavy atom. The molecule has 0 unspecified atom stereocenters. The van der Waals surface area contributed by atoms with Crippen LogP contribution >= 0.6 is 0 Å².